The molecule has 1 aliphatic carbocycles. The number of nitrogens with one attached hydrogen (secondary N) is 1. The minimum atomic E-state index is -0.312. The van der Waals surface area contributed by atoms with Gasteiger partial charge < -0.3 is 15.3 Å². The van der Waals surface area contributed by atoms with E-state index in [-0.39, 0.29) is 18.0 Å². The number of imidazole rings is 1. The van der Waals surface area contributed by atoms with Crippen LogP contribution in [0.4, 0.5) is 5.13 Å². The minimum absolute atomic E-state index is 0.0695. The monoisotopic (exact) mass is 433 g/mol. The van der Waals surface area contributed by atoms with Crippen molar-refractivity contribution in [3.63, 3.8) is 0 Å². The predicted octanol–water partition coefficient (Wildman–Crippen LogP) is 3.90. The van der Waals surface area contributed by atoms with Crippen molar-refractivity contribution in [1.82, 2.24) is 14.7 Å². The fraction of sp³-hybridized carbons (Fsp3) is 0.348. The van der Waals surface area contributed by atoms with Gasteiger partial charge in [-0.05, 0) is 36.6 Å². The van der Waals surface area contributed by atoms with Crippen molar-refractivity contribution in [2.75, 3.05) is 11.9 Å². The molecule has 1 aliphatic rings. The quantitative estimate of drug-likeness (QED) is 0.479. The fourth-order valence-corrected chi connectivity index (χ4v) is 5.13. The Morgan fingerprint density at radius 2 is 2.03 bits per heavy atom. The van der Waals surface area contributed by atoms with Gasteiger partial charge in [0.2, 0.25) is 5.82 Å². The highest BCUT2D eigenvalue weighted by Gasteiger charge is 2.24. The highest BCUT2D eigenvalue weighted by Crippen LogP contribution is 2.31. The van der Waals surface area contributed by atoms with E-state index in [0.717, 1.165) is 57.6 Å². The molecular formula is C23H23N5O2S. The number of rotatable bonds is 6. The van der Waals surface area contributed by atoms with E-state index in [1.54, 1.807) is 11.3 Å². The second-order valence-electron chi connectivity index (χ2n) is 7.80. The summed E-state index contributed by atoms with van der Waals surface area (Å²) in [5.41, 5.74) is 3.57. The lowest BCUT2D eigenvalue weighted by atomic mass is 9.93. The van der Waals surface area contributed by atoms with Gasteiger partial charge in [0.25, 0.3) is 0 Å². The molecule has 2 atom stereocenters. The van der Waals surface area contributed by atoms with E-state index in [9.17, 15) is 10.4 Å². The van der Waals surface area contributed by atoms with E-state index in [2.05, 4.69) is 28.5 Å². The summed E-state index contributed by atoms with van der Waals surface area (Å²) in [4.78, 5) is 15.1. The van der Waals surface area contributed by atoms with Crippen LogP contribution in [-0.4, -0.2) is 38.6 Å². The molecule has 1 fully saturated rings. The Hall–Kier alpha value is -3.15. The third-order valence-corrected chi connectivity index (χ3v) is 6.70. The summed E-state index contributed by atoms with van der Waals surface area (Å²) in [6, 6.07) is 15.9. The summed E-state index contributed by atoms with van der Waals surface area (Å²) in [6.45, 7) is 0.399. The van der Waals surface area contributed by atoms with Crippen LogP contribution < -0.4 is 10.2 Å². The van der Waals surface area contributed by atoms with Crippen molar-refractivity contribution >= 4 is 37.7 Å². The van der Waals surface area contributed by atoms with Gasteiger partial charge in [0, 0.05) is 6.42 Å². The summed E-state index contributed by atoms with van der Waals surface area (Å²) in [6.07, 6.45) is 4.38. The fourth-order valence-electron chi connectivity index (χ4n) is 4.16. The van der Waals surface area contributed by atoms with Gasteiger partial charge in [-0.1, -0.05) is 48.4 Å². The van der Waals surface area contributed by atoms with Gasteiger partial charge in [-0.15, -0.1) is 0 Å². The number of nitrogens with zero attached hydrogens (tertiary/aromatic N) is 4. The number of anilines is 1. The molecule has 0 amide bonds. The standard InChI is InChI=1S/C23H23N5O2S/c24-14-21-25-16-7-1-3-9-18(16)28(21)30-13-12-15-6-5-11-20-22(15)27-23(31-20)26-17-8-2-4-10-19(17)29/h1,3,5-7,9,11,17,19,29H,2,4,8,10,12-13H2,(H,26,27). The van der Waals surface area contributed by atoms with E-state index in [4.69, 9.17) is 9.82 Å². The van der Waals surface area contributed by atoms with Crippen molar-refractivity contribution in [2.24, 2.45) is 0 Å². The second-order valence-corrected chi connectivity index (χ2v) is 8.83. The van der Waals surface area contributed by atoms with Crippen LogP contribution in [0.25, 0.3) is 21.3 Å². The lowest BCUT2D eigenvalue weighted by Gasteiger charge is -2.28. The minimum Gasteiger partial charge on any atom is -0.411 e. The number of hydrogen-bond acceptors (Lipinski definition) is 7. The van der Waals surface area contributed by atoms with Crippen LogP contribution in [0.5, 0.6) is 0 Å². The van der Waals surface area contributed by atoms with E-state index < -0.39 is 0 Å². The smallest absolute Gasteiger partial charge is 0.247 e. The van der Waals surface area contributed by atoms with Crippen LogP contribution in [0, 0.1) is 11.3 Å². The third kappa shape index (κ3) is 3.94. The number of aromatic nitrogens is 3. The Bertz CT molecular complexity index is 1260. The molecular weight excluding hydrogens is 410 g/mol. The van der Waals surface area contributed by atoms with Gasteiger partial charge >= 0.3 is 0 Å². The van der Waals surface area contributed by atoms with Crippen molar-refractivity contribution in [1.29, 1.82) is 5.26 Å². The maximum absolute atomic E-state index is 10.3. The number of fused-ring (bicyclic) bond motifs is 2. The molecule has 0 aliphatic heterocycles. The first kappa shape index (κ1) is 19.8. The average Bonchev–Trinajstić information content (AvgIpc) is 3.36. The molecule has 2 aromatic heterocycles. The molecule has 0 bridgehead atoms. The van der Waals surface area contributed by atoms with Crippen molar-refractivity contribution < 1.29 is 9.94 Å². The number of nitriles is 1. The highest BCUT2D eigenvalue weighted by atomic mass is 32.1. The van der Waals surface area contributed by atoms with E-state index in [0.29, 0.717) is 13.0 Å². The van der Waals surface area contributed by atoms with Crippen molar-refractivity contribution in [3.8, 4) is 6.07 Å². The zero-order valence-corrected chi connectivity index (χ0v) is 17.8. The first-order valence-corrected chi connectivity index (χ1v) is 11.4. The first-order chi connectivity index (χ1) is 15.2. The van der Waals surface area contributed by atoms with Crippen LogP contribution in [0.3, 0.4) is 0 Å². The summed E-state index contributed by atoms with van der Waals surface area (Å²) in [5.74, 6) is 0.241. The molecule has 2 unspecified atom stereocenters. The van der Waals surface area contributed by atoms with E-state index >= 15 is 0 Å². The Labute approximate surface area is 183 Å². The number of aliphatic hydroxyl groups excluding tert-OH is 1. The lowest BCUT2D eigenvalue weighted by molar-refractivity contribution is 0.116. The average molecular weight is 434 g/mol. The van der Waals surface area contributed by atoms with Crippen LogP contribution in [0.15, 0.2) is 42.5 Å². The number of thiazole rings is 1. The van der Waals surface area contributed by atoms with Gasteiger partial charge in [-0.3, -0.25) is 0 Å². The van der Waals surface area contributed by atoms with Gasteiger partial charge in [0.15, 0.2) is 5.13 Å². The Morgan fingerprint density at radius 3 is 2.90 bits per heavy atom. The zero-order chi connectivity index (χ0) is 21.2. The van der Waals surface area contributed by atoms with Crippen LogP contribution >= 0.6 is 11.3 Å². The Balaban J connectivity index is 1.32. The third-order valence-electron chi connectivity index (χ3n) is 5.75. The molecule has 2 aromatic carbocycles. The molecule has 0 spiro atoms. The van der Waals surface area contributed by atoms with Gasteiger partial charge in [-0.2, -0.15) is 9.99 Å². The molecule has 8 heteroatoms. The van der Waals surface area contributed by atoms with E-state index in [1.807, 2.05) is 30.3 Å². The van der Waals surface area contributed by atoms with Gasteiger partial charge in [0.1, 0.15) is 18.2 Å². The number of hydrogen-bond donors (Lipinski definition) is 2. The predicted molar refractivity (Wildman–Crippen MR) is 121 cm³/mol. The number of benzene rings is 2. The van der Waals surface area contributed by atoms with Crippen LogP contribution in [-0.2, 0) is 6.42 Å². The molecule has 158 valence electrons. The molecule has 1 saturated carbocycles. The van der Waals surface area contributed by atoms with Gasteiger partial charge in [0.05, 0.1) is 27.9 Å². The molecule has 31 heavy (non-hydrogen) atoms. The van der Waals surface area contributed by atoms with Crippen LogP contribution in [0.2, 0.25) is 0 Å². The summed E-state index contributed by atoms with van der Waals surface area (Å²) < 4.78 is 2.62. The highest BCUT2D eigenvalue weighted by molar-refractivity contribution is 7.22. The first-order valence-electron chi connectivity index (χ1n) is 10.6. The topological polar surface area (TPSA) is 96.0 Å². The summed E-state index contributed by atoms with van der Waals surface area (Å²) >= 11 is 1.61. The summed E-state index contributed by atoms with van der Waals surface area (Å²) in [7, 11) is 0. The molecule has 4 aromatic rings. The molecule has 0 radical (unpaired) electrons. The molecule has 0 saturated heterocycles. The Morgan fingerprint density at radius 1 is 1.16 bits per heavy atom. The molecule has 5 rings (SSSR count). The second kappa shape index (κ2) is 8.53. The maximum atomic E-state index is 10.3. The van der Waals surface area contributed by atoms with Gasteiger partial charge in [-0.25, -0.2) is 9.97 Å². The zero-order valence-electron chi connectivity index (χ0n) is 17.0. The molecule has 2 N–H and O–H groups in total. The molecule has 7 nitrogen and oxygen atoms in total. The van der Waals surface area contributed by atoms with Crippen molar-refractivity contribution in [2.45, 2.75) is 44.2 Å². The largest absolute Gasteiger partial charge is 0.411 e. The SMILES string of the molecule is N#Cc1nc2ccccc2n1OCCc1cccc2sc(NC3CCCCC3O)nc12. The Kier molecular flexibility index (Phi) is 5.45. The number of aliphatic hydroxyl groups is 1. The lowest BCUT2D eigenvalue weighted by Crippen LogP contribution is -2.36. The summed E-state index contributed by atoms with van der Waals surface area (Å²) in [5, 5.41) is 23.9. The maximum Gasteiger partial charge on any atom is 0.247 e. The molecule has 2 heterocycles. The van der Waals surface area contributed by atoms with E-state index in [1.165, 1.54) is 4.73 Å². The number of para-hydroxylation sites is 3. The van der Waals surface area contributed by atoms with Crippen molar-refractivity contribution in [3.05, 3.63) is 53.9 Å². The van der Waals surface area contributed by atoms with Crippen LogP contribution in [0.1, 0.15) is 37.1 Å². The normalized spacial score (nSPS) is 18.8.